The second-order valence-electron chi connectivity index (χ2n) is 3.35. The van der Waals surface area contributed by atoms with Crippen molar-refractivity contribution in [3.63, 3.8) is 0 Å². The van der Waals surface area contributed by atoms with Gasteiger partial charge in [-0.2, -0.15) is 0 Å². The minimum absolute atomic E-state index is 0.740. The summed E-state index contributed by atoms with van der Waals surface area (Å²) >= 11 is 5.26. The third kappa shape index (κ3) is 3.33. The van der Waals surface area contributed by atoms with Crippen molar-refractivity contribution >= 4 is 22.9 Å². The number of aryl methyl sites for hydroxylation is 1. The molecule has 0 aliphatic carbocycles. The van der Waals surface area contributed by atoms with E-state index in [0.29, 0.717) is 0 Å². The Kier molecular flexibility index (Phi) is 4.25. The number of hydrogen-bond donors (Lipinski definition) is 1. The first-order valence-corrected chi connectivity index (χ1v) is 5.22. The summed E-state index contributed by atoms with van der Waals surface area (Å²) < 4.78 is 0. The molecule has 1 rings (SSSR count). The lowest BCUT2D eigenvalue weighted by molar-refractivity contribution is 1.45. The first-order chi connectivity index (χ1) is 7.15. The molecular formula is C13H15NS. The molecule has 0 saturated carbocycles. The average molecular weight is 217 g/mol. The maximum Gasteiger partial charge on any atom is 0.106 e. The number of nitrogens with one attached hydrogen (secondary N) is 1. The Morgan fingerprint density at radius 3 is 2.67 bits per heavy atom. The molecule has 0 unspecified atom stereocenters. The fourth-order valence-corrected chi connectivity index (χ4v) is 1.36. The SMILES string of the molecule is C=C/C=C(\C)C(=S)Nc1ccccc1C. The Hall–Kier alpha value is -1.41. The van der Waals surface area contributed by atoms with Crippen LogP contribution in [0.15, 0.2) is 48.6 Å². The van der Waals surface area contributed by atoms with Gasteiger partial charge in [-0.15, -0.1) is 0 Å². The molecule has 0 bridgehead atoms. The number of para-hydroxylation sites is 1. The summed E-state index contributed by atoms with van der Waals surface area (Å²) in [5.74, 6) is 0. The van der Waals surface area contributed by atoms with Gasteiger partial charge in [0.25, 0.3) is 0 Å². The molecule has 0 radical (unpaired) electrons. The number of benzene rings is 1. The van der Waals surface area contributed by atoms with Crippen LogP contribution in [0, 0.1) is 6.92 Å². The number of rotatable bonds is 3. The van der Waals surface area contributed by atoms with Gasteiger partial charge in [-0.05, 0) is 31.1 Å². The van der Waals surface area contributed by atoms with Gasteiger partial charge in [0, 0.05) is 5.69 Å². The van der Waals surface area contributed by atoms with Crippen LogP contribution < -0.4 is 5.32 Å². The highest BCUT2D eigenvalue weighted by molar-refractivity contribution is 7.81. The molecule has 1 N–H and O–H groups in total. The molecule has 1 aromatic carbocycles. The molecule has 0 amide bonds. The number of thiocarbonyl (C=S) groups is 1. The van der Waals surface area contributed by atoms with Crippen LogP contribution in [0.1, 0.15) is 12.5 Å². The Balaban J connectivity index is 2.79. The second kappa shape index (κ2) is 5.47. The molecule has 1 nitrogen and oxygen atoms in total. The predicted octanol–water partition coefficient (Wildman–Crippen LogP) is 3.87. The quantitative estimate of drug-likeness (QED) is 0.468. The zero-order chi connectivity index (χ0) is 11.3. The van der Waals surface area contributed by atoms with Crippen molar-refractivity contribution in [2.24, 2.45) is 0 Å². The van der Waals surface area contributed by atoms with E-state index in [9.17, 15) is 0 Å². The first kappa shape index (κ1) is 11.7. The van der Waals surface area contributed by atoms with E-state index in [-0.39, 0.29) is 0 Å². The summed E-state index contributed by atoms with van der Waals surface area (Å²) in [6.45, 7) is 7.66. The summed E-state index contributed by atoms with van der Waals surface area (Å²) in [6, 6.07) is 8.07. The lowest BCUT2D eigenvalue weighted by atomic mass is 10.2. The summed E-state index contributed by atoms with van der Waals surface area (Å²) in [4.78, 5) is 0.740. The van der Waals surface area contributed by atoms with E-state index in [0.717, 1.165) is 16.2 Å². The van der Waals surface area contributed by atoms with E-state index >= 15 is 0 Å². The maximum absolute atomic E-state index is 5.26. The summed E-state index contributed by atoms with van der Waals surface area (Å²) in [5.41, 5.74) is 3.26. The van der Waals surface area contributed by atoms with Crippen LogP contribution in [0.2, 0.25) is 0 Å². The molecular weight excluding hydrogens is 202 g/mol. The molecule has 0 fully saturated rings. The smallest absolute Gasteiger partial charge is 0.106 e. The van der Waals surface area contributed by atoms with Crippen LogP contribution in [-0.2, 0) is 0 Å². The van der Waals surface area contributed by atoms with Gasteiger partial charge >= 0.3 is 0 Å². The highest BCUT2D eigenvalue weighted by Crippen LogP contribution is 2.14. The van der Waals surface area contributed by atoms with Crippen LogP contribution in [0.25, 0.3) is 0 Å². The monoisotopic (exact) mass is 217 g/mol. The van der Waals surface area contributed by atoms with Crippen LogP contribution >= 0.6 is 12.2 Å². The molecule has 2 heteroatoms. The lowest BCUT2D eigenvalue weighted by Crippen LogP contribution is -2.10. The van der Waals surface area contributed by atoms with E-state index in [1.54, 1.807) is 6.08 Å². The van der Waals surface area contributed by atoms with Gasteiger partial charge in [-0.1, -0.05) is 49.1 Å². The number of anilines is 1. The largest absolute Gasteiger partial charge is 0.346 e. The van der Waals surface area contributed by atoms with Gasteiger partial charge in [0.1, 0.15) is 4.99 Å². The summed E-state index contributed by atoms with van der Waals surface area (Å²) in [7, 11) is 0. The van der Waals surface area contributed by atoms with E-state index in [4.69, 9.17) is 12.2 Å². The Bertz CT molecular complexity index is 405. The normalized spacial score (nSPS) is 10.9. The highest BCUT2D eigenvalue weighted by Gasteiger charge is 2.01. The highest BCUT2D eigenvalue weighted by atomic mass is 32.1. The number of allylic oxidation sites excluding steroid dienone is 2. The maximum atomic E-state index is 5.26. The minimum atomic E-state index is 0.740. The van der Waals surface area contributed by atoms with Crippen LogP contribution in [0.5, 0.6) is 0 Å². The molecule has 1 aromatic rings. The zero-order valence-electron chi connectivity index (χ0n) is 9.08. The molecule has 0 spiro atoms. The molecule has 0 heterocycles. The van der Waals surface area contributed by atoms with Crippen molar-refractivity contribution in [3.05, 3.63) is 54.1 Å². The van der Waals surface area contributed by atoms with Gasteiger partial charge < -0.3 is 5.32 Å². The molecule has 0 atom stereocenters. The molecule has 0 aromatic heterocycles. The Labute approximate surface area is 96.5 Å². The van der Waals surface area contributed by atoms with Gasteiger partial charge in [-0.3, -0.25) is 0 Å². The van der Waals surface area contributed by atoms with Gasteiger partial charge in [0.2, 0.25) is 0 Å². The molecule has 78 valence electrons. The van der Waals surface area contributed by atoms with Gasteiger partial charge in [0.15, 0.2) is 0 Å². The zero-order valence-corrected chi connectivity index (χ0v) is 9.90. The first-order valence-electron chi connectivity index (χ1n) is 4.81. The van der Waals surface area contributed by atoms with E-state index < -0.39 is 0 Å². The van der Waals surface area contributed by atoms with Crippen molar-refractivity contribution in [1.82, 2.24) is 0 Å². The fraction of sp³-hybridized carbons (Fsp3) is 0.154. The van der Waals surface area contributed by atoms with Crippen LogP contribution in [0.4, 0.5) is 5.69 Å². The topological polar surface area (TPSA) is 12.0 Å². The van der Waals surface area contributed by atoms with Crippen molar-refractivity contribution in [2.45, 2.75) is 13.8 Å². The van der Waals surface area contributed by atoms with Crippen molar-refractivity contribution in [2.75, 3.05) is 5.32 Å². The van der Waals surface area contributed by atoms with Crippen LogP contribution in [-0.4, -0.2) is 4.99 Å². The third-order valence-electron chi connectivity index (χ3n) is 2.12. The average Bonchev–Trinajstić information content (AvgIpc) is 2.21. The van der Waals surface area contributed by atoms with Gasteiger partial charge in [0.05, 0.1) is 0 Å². The molecule has 0 saturated heterocycles. The van der Waals surface area contributed by atoms with E-state index in [1.165, 1.54) is 5.56 Å². The fourth-order valence-electron chi connectivity index (χ4n) is 1.19. The molecule has 15 heavy (non-hydrogen) atoms. The minimum Gasteiger partial charge on any atom is -0.346 e. The Morgan fingerprint density at radius 2 is 2.07 bits per heavy atom. The van der Waals surface area contributed by atoms with E-state index in [2.05, 4.69) is 24.9 Å². The van der Waals surface area contributed by atoms with Gasteiger partial charge in [-0.25, -0.2) is 0 Å². The lowest BCUT2D eigenvalue weighted by Gasteiger charge is -2.10. The van der Waals surface area contributed by atoms with Crippen molar-refractivity contribution in [1.29, 1.82) is 0 Å². The molecule has 0 aliphatic heterocycles. The summed E-state index contributed by atoms with van der Waals surface area (Å²) in [5, 5.41) is 3.21. The van der Waals surface area contributed by atoms with Crippen LogP contribution in [0.3, 0.4) is 0 Å². The predicted molar refractivity (Wildman–Crippen MR) is 71.4 cm³/mol. The standard InChI is InChI=1S/C13H15NS/c1-4-7-11(3)13(15)14-12-9-6-5-8-10(12)2/h4-9H,1H2,2-3H3,(H,14,15)/b11-7+. The Morgan fingerprint density at radius 1 is 1.40 bits per heavy atom. The number of hydrogen-bond acceptors (Lipinski definition) is 1. The molecule has 0 aliphatic rings. The second-order valence-corrected chi connectivity index (χ2v) is 3.76. The van der Waals surface area contributed by atoms with Crippen molar-refractivity contribution in [3.8, 4) is 0 Å². The third-order valence-corrected chi connectivity index (χ3v) is 2.54. The van der Waals surface area contributed by atoms with Crippen molar-refractivity contribution < 1.29 is 0 Å². The van der Waals surface area contributed by atoms with E-state index in [1.807, 2.05) is 31.2 Å². The summed E-state index contributed by atoms with van der Waals surface area (Å²) in [6.07, 6.45) is 3.63.